The molecule has 1 aliphatic rings. The zero-order chi connectivity index (χ0) is 8.84. The van der Waals surface area contributed by atoms with E-state index in [9.17, 15) is 0 Å². The Labute approximate surface area is 77.4 Å². The Kier molecular flexibility index (Phi) is 1.32. The molecule has 13 heavy (non-hydrogen) atoms. The summed E-state index contributed by atoms with van der Waals surface area (Å²) in [5.41, 5.74) is 2.50. The first-order valence-electron chi connectivity index (χ1n) is 4.84. The first-order chi connectivity index (χ1) is 6.36. The van der Waals surface area contributed by atoms with E-state index in [2.05, 4.69) is 19.1 Å². The van der Waals surface area contributed by atoms with Crippen LogP contribution in [-0.4, -0.2) is 0 Å². The highest BCUT2D eigenvalue weighted by molar-refractivity contribution is 5.83. The van der Waals surface area contributed by atoms with Crippen molar-refractivity contribution in [3.8, 4) is 0 Å². The number of hydrogen-bond acceptors (Lipinski definition) is 1. The van der Waals surface area contributed by atoms with Gasteiger partial charge in [0, 0.05) is 10.9 Å². The van der Waals surface area contributed by atoms with Crippen LogP contribution in [0.1, 0.15) is 30.1 Å². The van der Waals surface area contributed by atoms with Gasteiger partial charge in [0.25, 0.3) is 0 Å². The summed E-state index contributed by atoms with van der Waals surface area (Å²) in [6, 6.07) is 8.33. The molecule has 0 aliphatic heterocycles. The van der Waals surface area contributed by atoms with Gasteiger partial charge in [0.2, 0.25) is 0 Å². The predicted molar refractivity (Wildman–Crippen MR) is 52.9 cm³/mol. The number of benzene rings is 1. The molecular formula is C12H12O. The van der Waals surface area contributed by atoms with E-state index in [1.807, 2.05) is 12.1 Å². The highest BCUT2D eigenvalue weighted by atomic mass is 16.3. The molecule has 66 valence electrons. The van der Waals surface area contributed by atoms with Crippen LogP contribution in [0.4, 0.5) is 0 Å². The van der Waals surface area contributed by atoms with Gasteiger partial charge in [-0.1, -0.05) is 18.2 Å². The van der Waals surface area contributed by atoms with Crippen molar-refractivity contribution >= 4 is 11.0 Å². The second kappa shape index (κ2) is 2.38. The summed E-state index contributed by atoms with van der Waals surface area (Å²) in [6.45, 7) is 2.08. The van der Waals surface area contributed by atoms with E-state index in [0.29, 0.717) is 0 Å². The fraction of sp³-hybridized carbons (Fsp3) is 0.333. The van der Waals surface area contributed by atoms with E-state index >= 15 is 0 Å². The van der Waals surface area contributed by atoms with E-state index in [1.54, 1.807) is 0 Å². The summed E-state index contributed by atoms with van der Waals surface area (Å²) in [5.74, 6) is 1.90. The zero-order valence-corrected chi connectivity index (χ0v) is 7.71. The van der Waals surface area contributed by atoms with Crippen LogP contribution in [-0.2, 0) is 0 Å². The van der Waals surface area contributed by atoms with Crippen LogP contribution in [0, 0.1) is 6.92 Å². The molecule has 1 aromatic carbocycles. The monoisotopic (exact) mass is 172 g/mol. The Bertz CT molecular complexity index is 449. The maximum Gasteiger partial charge on any atom is 0.134 e. The topological polar surface area (TPSA) is 13.1 Å². The molecule has 0 unspecified atom stereocenters. The SMILES string of the molecule is Cc1oc2ccccc2c1C1CC1. The molecule has 1 aliphatic carbocycles. The van der Waals surface area contributed by atoms with Gasteiger partial charge in [-0.2, -0.15) is 0 Å². The van der Waals surface area contributed by atoms with Crippen molar-refractivity contribution in [2.24, 2.45) is 0 Å². The minimum absolute atomic E-state index is 0.781. The van der Waals surface area contributed by atoms with Gasteiger partial charge in [0.05, 0.1) is 0 Å². The Balaban J connectivity index is 2.35. The van der Waals surface area contributed by atoms with E-state index in [-0.39, 0.29) is 0 Å². The second-order valence-corrected chi connectivity index (χ2v) is 3.84. The molecule has 1 nitrogen and oxygen atoms in total. The minimum Gasteiger partial charge on any atom is -0.461 e. The Morgan fingerprint density at radius 1 is 1.23 bits per heavy atom. The van der Waals surface area contributed by atoms with Crippen molar-refractivity contribution in [3.63, 3.8) is 0 Å². The van der Waals surface area contributed by atoms with Crippen LogP contribution in [0.15, 0.2) is 28.7 Å². The van der Waals surface area contributed by atoms with Crippen molar-refractivity contribution < 1.29 is 4.42 Å². The highest BCUT2D eigenvalue weighted by Crippen LogP contribution is 2.45. The second-order valence-electron chi connectivity index (χ2n) is 3.84. The van der Waals surface area contributed by atoms with Crippen molar-refractivity contribution in [1.29, 1.82) is 0 Å². The van der Waals surface area contributed by atoms with Crippen LogP contribution in [0.5, 0.6) is 0 Å². The van der Waals surface area contributed by atoms with Crippen LogP contribution in [0.3, 0.4) is 0 Å². The largest absolute Gasteiger partial charge is 0.461 e. The highest BCUT2D eigenvalue weighted by Gasteiger charge is 2.29. The van der Waals surface area contributed by atoms with Crippen LogP contribution in [0.25, 0.3) is 11.0 Å². The van der Waals surface area contributed by atoms with Gasteiger partial charge >= 0.3 is 0 Å². The maximum atomic E-state index is 5.70. The van der Waals surface area contributed by atoms with E-state index in [4.69, 9.17) is 4.42 Å². The van der Waals surface area contributed by atoms with Gasteiger partial charge in [-0.3, -0.25) is 0 Å². The summed E-state index contributed by atoms with van der Waals surface area (Å²) in [6.07, 6.45) is 2.68. The lowest BCUT2D eigenvalue weighted by atomic mass is 10.1. The Morgan fingerprint density at radius 2 is 2.00 bits per heavy atom. The first-order valence-corrected chi connectivity index (χ1v) is 4.84. The number of furan rings is 1. The number of para-hydroxylation sites is 1. The molecule has 2 aromatic rings. The number of rotatable bonds is 1. The third-order valence-corrected chi connectivity index (χ3v) is 2.81. The smallest absolute Gasteiger partial charge is 0.134 e. The van der Waals surface area contributed by atoms with Gasteiger partial charge in [0.1, 0.15) is 11.3 Å². The minimum atomic E-state index is 0.781. The van der Waals surface area contributed by atoms with Crippen LogP contribution < -0.4 is 0 Å². The molecule has 0 amide bonds. The fourth-order valence-corrected chi connectivity index (χ4v) is 2.07. The standard InChI is InChI=1S/C12H12O/c1-8-12(9-6-7-9)10-4-2-3-5-11(10)13-8/h2-5,9H,6-7H2,1H3. The quantitative estimate of drug-likeness (QED) is 0.640. The lowest BCUT2D eigenvalue weighted by Gasteiger charge is -1.93. The molecule has 1 fully saturated rings. The van der Waals surface area contributed by atoms with E-state index in [1.165, 1.54) is 23.8 Å². The van der Waals surface area contributed by atoms with E-state index in [0.717, 1.165) is 17.3 Å². The number of fused-ring (bicyclic) bond motifs is 1. The van der Waals surface area contributed by atoms with E-state index < -0.39 is 0 Å². The molecule has 1 heteroatoms. The average Bonchev–Trinajstić information content (AvgIpc) is 2.88. The molecular weight excluding hydrogens is 160 g/mol. The van der Waals surface area contributed by atoms with Crippen molar-refractivity contribution in [1.82, 2.24) is 0 Å². The summed E-state index contributed by atoms with van der Waals surface area (Å²) in [4.78, 5) is 0. The molecule has 0 N–H and O–H groups in total. The zero-order valence-electron chi connectivity index (χ0n) is 7.71. The van der Waals surface area contributed by atoms with Crippen molar-refractivity contribution in [2.45, 2.75) is 25.7 Å². The lowest BCUT2D eigenvalue weighted by Crippen LogP contribution is -1.78. The van der Waals surface area contributed by atoms with Crippen molar-refractivity contribution in [3.05, 3.63) is 35.6 Å². The maximum absolute atomic E-state index is 5.70. The molecule has 0 spiro atoms. The van der Waals surface area contributed by atoms with Gasteiger partial charge in [0.15, 0.2) is 0 Å². The number of hydrogen-bond donors (Lipinski definition) is 0. The summed E-state index contributed by atoms with van der Waals surface area (Å²) < 4.78 is 5.70. The normalized spacial score (nSPS) is 16.7. The molecule has 0 atom stereocenters. The Morgan fingerprint density at radius 3 is 2.77 bits per heavy atom. The van der Waals surface area contributed by atoms with Crippen LogP contribution >= 0.6 is 0 Å². The van der Waals surface area contributed by atoms with Gasteiger partial charge in [-0.05, 0) is 31.7 Å². The molecule has 0 bridgehead atoms. The average molecular weight is 172 g/mol. The van der Waals surface area contributed by atoms with Crippen LogP contribution in [0.2, 0.25) is 0 Å². The predicted octanol–water partition coefficient (Wildman–Crippen LogP) is 3.62. The first kappa shape index (κ1) is 7.19. The molecule has 3 rings (SSSR count). The summed E-state index contributed by atoms with van der Waals surface area (Å²) in [7, 11) is 0. The van der Waals surface area contributed by atoms with Crippen molar-refractivity contribution in [2.75, 3.05) is 0 Å². The third kappa shape index (κ3) is 0.998. The molecule has 0 saturated heterocycles. The summed E-state index contributed by atoms with van der Waals surface area (Å²) in [5, 5.41) is 1.32. The molecule has 1 aromatic heterocycles. The summed E-state index contributed by atoms with van der Waals surface area (Å²) >= 11 is 0. The van der Waals surface area contributed by atoms with Gasteiger partial charge in [-0.15, -0.1) is 0 Å². The third-order valence-electron chi connectivity index (χ3n) is 2.81. The number of aryl methyl sites for hydroxylation is 1. The Hall–Kier alpha value is -1.24. The molecule has 1 heterocycles. The van der Waals surface area contributed by atoms with Gasteiger partial charge in [-0.25, -0.2) is 0 Å². The fourth-order valence-electron chi connectivity index (χ4n) is 2.07. The van der Waals surface area contributed by atoms with Gasteiger partial charge < -0.3 is 4.42 Å². The molecule has 1 saturated carbocycles. The lowest BCUT2D eigenvalue weighted by molar-refractivity contribution is 0.572. The molecule has 0 radical (unpaired) electrons.